The highest BCUT2D eigenvalue weighted by Gasteiger charge is 2.36. The Kier molecular flexibility index (Phi) is 2.85. The summed E-state index contributed by atoms with van der Waals surface area (Å²) in [6.07, 6.45) is 4.32. The zero-order valence-corrected chi connectivity index (χ0v) is 9.35. The second-order valence-corrected chi connectivity index (χ2v) is 5.68. The summed E-state index contributed by atoms with van der Waals surface area (Å²) in [4.78, 5) is 0. The highest BCUT2D eigenvalue weighted by molar-refractivity contribution is 4.86. The molecular formula is C12H24. The third-order valence-electron chi connectivity index (χ3n) is 3.80. The van der Waals surface area contributed by atoms with Crippen LogP contribution in [0.25, 0.3) is 0 Å². The van der Waals surface area contributed by atoms with E-state index >= 15 is 0 Å². The van der Waals surface area contributed by atoms with E-state index in [0.717, 1.165) is 17.8 Å². The Morgan fingerprint density at radius 2 is 1.75 bits per heavy atom. The van der Waals surface area contributed by atoms with Gasteiger partial charge in [-0.1, -0.05) is 41.0 Å². The molecule has 0 radical (unpaired) electrons. The van der Waals surface area contributed by atoms with Crippen molar-refractivity contribution in [2.75, 3.05) is 0 Å². The van der Waals surface area contributed by atoms with Crippen molar-refractivity contribution in [1.82, 2.24) is 0 Å². The maximum absolute atomic E-state index is 2.43. The van der Waals surface area contributed by atoms with Crippen molar-refractivity contribution in [3.8, 4) is 0 Å². The smallest absolute Gasteiger partial charge is 0.0354 e. The Balaban J connectivity index is 2.54. The van der Waals surface area contributed by atoms with E-state index in [0.29, 0.717) is 5.41 Å². The van der Waals surface area contributed by atoms with Gasteiger partial charge >= 0.3 is 0 Å². The molecule has 3 atom stereocenters. The SMILES string of the molecule is CCC1CC(C(C)(C)C)CC1C. The van der Waals surface area contributed by atoms with E-state index in [-0.39, 0.29) is 0 Å². The molecule has 1 rings (SSSR count). The Morgan fingerprint density at radius 1 is 1.17 bits per heavy atom. The van der Waals surface area contributed by atoms with Gasteiger partial charge in [0.15, 0.2) is 0 Å². The van der Waals surface area contributed by atoms with Crippen LogP contribution in [0.3, 0.4) is 0 Å². The van der Waals surface area contributed by atoms with Crippen molar-refractivity contribution < 1.29 is 0 Å². The summed E-state index contributed by atoms with van der Waals surface area (Å²) in [5.74, 6) is 2.95. The van der Waals surface area contributed by atoms with E-state index in [9.17, 15) is 0 Å². The Labute approximate surface area is 77.7 Å². The van der Waals surface area contributed by atoms with Gasteiger partial charge in [-0.3, -0.25) is 0 Å². The van der Waals surface area contributed by atoms with Crippen molar-refractivity contribution in [3.63, 3.8) is 0 Å². The van der Waals surface area contributed by atoms with Crippen molar-refractivity contribution in [2.24, 2.45) is 23.2 Å². The molecule has 0 nitrogen and oxygen atoms in total. The van der Waals surface area contributed by atoms with Gasteiger partial charge in [0.1, 0.15) is 0 Å². The molecule has 0 saturated heterocycles. The number of rotatable bonds is 1. The quantitative estimate of drug-likeness (QED) is 0.553. The van der Waals surface area contributed by atoms with Crippen LogP contribution >= 0.6 is 0 Å². The molecule has 0 aliphatic heterocycles. The maximum atomic E-state index is 2.43. The molecule has 1 fully saturated rings. The molecule has 72 valence electrons. The molecule has 1 aliphatic rings. The standard InChI is InChI=1S/C12H24/c1-6-10-8-11(7-9(10)2)12(3,4)5/h9-11H,6-8H2,1-5H3. The van der Waals surface area contributed by atoms with E-state index in [2.05, 4.69) is 34.6 Å². The summed E-state index contributed by atoms with van der Waals surface area (Å²) in [5, 5.41) is 0. The molecule has 0 bridgehead atoms. The van der Waals surface area contributed by atoms with Gasteiger partial charge in [-0.05, 0) is 36.0 Å². The van der Waals surface area contributed by atoms with Crippen LogP contribution in [0.4, 0.5) is 0 Å². The average Bonchev–Trinajstić information content (AvgIpc) is 2.29. The predicted octanol–water partition coefficient (Wildman–Crippen LogP) is 4.10. The van der Waals surface area contributed by atoms with Crippen LogP contribution < -0.4 is 0 Å². The number of hydrogen-bond acceptors (Lipinski definition) is 0. The van der Waals surface area contributed by atoms with Crippen molar-refractivity contribution in [1.29, 1.82) is 0 Å². The molecule has 3 unspecified atom stereocenters. The molecule has 1 aliphatic carbocycles. The molecule has 1 saturated carbocycles. The lowest BCUT2D eigenvalue weighted by Crippen LogP contribution is -2.17. The lowest BCUT2D eigenvalue weighted by Gasteiger charge is -2.26. The fraction of sp³-hybridized carbons (Fsp3) is 1.00. The molecule has 0 heterocycles. The zero-order chi connectivity index (χ0) is 9.35. The molecule has 0 aromatic rings. The van der Waals surface area contributed by atoms with Crippen molar-refractivity contribution >= 4 is 0 Å². The average molecular weight is 168 g/mol. The van der Waals surface area contributed by atoms with Crippen LogP contribution in [-0.4, -0.2) is 0 Å². The van der Waals surface area contributed by atoms with Crippen molar-refractivity contribution in [2.45, 2.75) is 53.9 Å². The monoisotopic (exact) mass is 168 g/mol. The minimum absolute atomic E-state index is 0.540. The van der Waals surface area contributed by atoms with E-state index in [4.69, 9.17) is 0 Å². The minimum atomic E-state index is 0.540. The van der Waals surface area contributed by atoms with Gasteiger partial charge in [0, 0.05) is 0 Å². The zero-order valence-electron chi connectivity index (χ0n) is 9.35. The molecule has 0 heteroatoms. The fourth-order valence-electron chi connectivity index (χ4n) is 2.61. The first-order valence-electron chi connectivity index (χ1n) is 5.45. The maximum Gasteiger partial charge on any atom is -0.0354 e. The minimum Gasteiger partial charge on any atom is -0.0651 e. The lowest BCUT2D eigenvalue weighted by atomic mass is 9.79. The molecule has 0 amide bonds. The summed E-state index contributed by atoms with van der Waals surface area (Å²) >= 11 is 0. The normalized spacial score (nSPS) is 37.2. The summed E-state index contributed by atoms with van der Waals surface area (Å²) in [6.45, 7) is 11.9. The van der Waals surface area contributed by atoms with E-state index in [1.165, 1.54) is 19.3 Å². The summed E-state index contributed by atoms with van der Waals surface area (Å²) < 4.78 is 0. The molecule has 0 N–H and O–H groups in total. The first-order valence-corrected chi connectivity index (χ1v) is 5.45. The number of hydrogen-bond donors (Lipinski definition) is 0. The largest absolute Gasteiger partial charge is 0.0651 e. The summed E-state index contributed by atoms with van der Waals surface area (Å²) in [7, 11) is 0. The third kappa shape index (κ3) is 2.02. The highest BCUT2D eigenvalue weighted by atomic mass is 14.4. The van der Waals surface area contributed by atoms with E-state index < -0.39 is 0 Å². The molecule has 0 spiro atoms. The lowest BCUT2D eigenvalue weighted by molar-refractivity contribution is 0.237. The molecule has 0 aromatic carbocycles. The van der Waals surface area contributed by atoms with Gasteiger partial charge < -0.3 is 0 Å². The van der Waals surface area contributed by atoms with Crippen LogP contribution in [0, 0.1) is 23.2 Å². The Hall–Kier alpha value is 0. The van der Waals surface area contributed by atoms with Gasteiger partial charge in [0.2, 0.25) is 0 Å². The van der Waals surface area contributed by atoms with Crippen LogP contribution in [-0.2, 0) is 0 Å². The predicted molar refractivity (Wildman–Crippen MR) is 55.1 cm³/mol. The fourth-order valence-corrected chi connectivity index (χ4v) is 2.61. The van der Waals surface area contributed by atoms with Gasteiger partial charge in [0.05, 0.1) is 0 Å². The van der Waals surface area contributed by atoms with Crippen LogP contribution in [0.2, 0.25) is 0 Å². The topological polar surface area (TPSA) is 0 Å². The summed E-state index contributed by atoms with van der Waals surface area (Å²) in [5.41, 5.74) is 0.540. The van der Waals surface area contributed by atoms with E-state index in [1.54, 1.807) is 0 Å². The van der Waals surface area contributed by atoms with Gasteiger partial charge in [-0.15, -0.1) is 0 Å². The van der Waals surface area contributed by atoms with Crippen LogP contribution in [0.1, 0.15) is 53.9 Å². The van der Waals surface area contributed by atoms with Crippen molar-refractivity contribution in [3.05, 3.63) is 0 Å². The first kappa shape index (κ1) is 10.1. The second-order valence-electron chi connectivity index (χ2n) is 5.68. The second kappa shape index (κ2) is 3.40. The van der Waals surface area contributed by atoms with Gasteiger partial charge in [-0.2, -0.15) is 0 Å². The first-order chi connectivity index (χ1) is 5.45. The molecule has 12 heavy (non-hydrogen) atoms. The van der Waals surface area contributed by atoms with Crippen LogP contribution in [0.5, 0.6) is 0 Å². The third-order valence-corrected chi connectivity index (χ3v) is 3.80. The van der Waals surface area contributed by atoms with Gasteiger partial charge in [-0.25, -0.2) is 0 Å². The highest BCUT2D eigenvalue weighted by Crippen LogP contribution is 2.46. The molecular weight excluding hydrogens is 144 g/mol. The van der Waals surface area contributed by atoms with E-state index in [1.807, 2.05) is 0 Å². The van der Waals surface area contributed by atoms with Crippen LogP contribution in [0.15, 0.2) is 0 Å². The van der Waals surface area contributed by atoms with Gasteiger partial charge in [0.25, 0.3) is 0 Å². The molecule has 0 aromatic heterocycles. The summed E-state index contributed by atoms with van der Waals surface area (Å²) in [6, 6.07) is 0. The Morgan fingerprint density at radius 3 is 2.00 bits per heavy atom. The Bertz CT molecular complexity index is 141.